The van der Waals surface area contributed by atoms with Crippen molar-refractivity contribution in [1.82, 2.24) is 14.1 Å². The molecule has 40 heavy (non-hydrogen) atoms. The molecule has 0 N–H and O–H groups in total. The van der Waals surface area contributed by atoms with Gasteiger partial charge in [0.1, 0.15) is 5.69 Å². The average molecular weight is 516 g/mol. The molecule has 0 radical (unpaired) electrons. The minimum Gasteiger partial charge on any atom is -0.308 e. The maximum absolute atomic E-state index is 5.82. The van der Waals surface area contributed by atoms with Crippen LogP contribution in [0, 0.1) is 6.57 Å². The lowest BCUT2D eigenvalue weighted by Crippen LogP contribution is -1.98. The molecule has 4 nitrogen and oxygen atoms in total. The van der Waals surface area contributed by atoms with Gasteiger partial charge in [-0.3, -0.25) is 4.98 Å². The van der Waals surface area contributed by atoms with Crippen LogP contribution in [0.3, 0.4) is 0 Å². The van der Waals surface area contributed by atoms with Crippen molar-refractivity contribution in [2.24, 2.45) is 0 Å². The molecule has 3 aromatic heterocycles. The van der Waals surface area contributed by atoms with Crippen molar-refractivity contribution >= 4 is 44.6 Å². The molecule has 0 aliphatic heterocycles. The van der Waals surface area contributed by atoms with Gasteiger partial charge in [0.05, 0.1) is 27.5 Å². The van der Waals surface area contributed by atoms with Gasteiger partial charge in [0.2, 0.25) is 0 Å². The summed E-state index contributed by atoms with van der Waals surface area (Å²) in [4.78, 5) is 8.78. The van der Waals surface area contributed by atoms with Crippen molar-refractivity contribution in [1.29, 1.82) is 0 Å². The number of para-hydroxylation sites is 2. The first-order chi connectivity index (χ1) is 19.8. The zero-order valence-corrected chi connectivity index (χ0v) is 22.2. The largest absolute Gasteiger partial charge is 0.372 e. The van der Waals surface area contributed by atoms with Gasteiger partial charge in [0.25, 0.3) is 6.57 Å². The normalized spacial score (nSPS) is 11.6. The highest BCUT2D eigenvalue weighted by atomic mass is 15.0. The quantitative estimate of drug-likeness (QED) is 0.224. The van der Waals surface area contributed by atoms with E-state index < -0.39 is 0 Å². The van der Waals surface area contributed by atoms with Gasteiger partial charge in [-0.15, -0.1) is 0 Å². The Morgan fingerprint density at radius 2 is 1.25 bits per heavy atom. The van der Waals surface area contributed by atoms with E-state index in [0.717, 1.165) is 51.1 Å². The molecule has 0 spiro atoms. The van der Waals surface area contributed by atoms with Crippen LogP contribution in [0.1, 0.15) is 23.7 Å². The van der Waals surface area contributed by atoms with Gasteiger partial charge in [-0.25, -0.2) is 0 Å². The van der Waals surface area contributed by atoms with Crippen LogP contribution >= 0.6 is 0 Å². The summed E-state index contributed by atoms with van der Waals surface area (Å²) in [5.74, 6) is 0. The third-order valence-electron chi connectivity index (χ3n) is 7.56. The Hall–Kier alpha value is -5.40. The summed E-state index contributed by atoms with van der Waals surface area (Å²) in [6.45, 7) is 7.83. The molecule has 0 unspecified atom stereocenters. The van der Waals surface area contributed by atoms with Crippen molar-refractivity contribution in [2.75, 3.05) is 0 Å². The number of rotatable bonds is 5. The second-order valence-corrected chi connectivity index (χ2v) is 9.95. The first-order valence-corrected chi connectivity index (χ1v) is 13.5. The smallest absolute Gasteiger partial charge is 0.308 e. The van der Waals surface area contributed by atoms with Gasteiger partial charge in [-0.1, -0.05) is 60.7 Å². The molecule has 7 aromatic rings. The number of benzene rings is 4. The van der Waals surface area contributed by atoms with Gasteiger partial charge in [-0.05, 0) is 90.0 Å². The van der Waals surface area contributed by atoms with E-state index in [1.54, 1.807) is 0 Å². The van der Waals surface area contributed by atoms with Crippen molar-refractivity contribution < 1.29 is 0 Å². The highest BCUT2D eigenvalue weighted by Gasteiger charge is 2.23. The summed E-state index contributed by atoms with van der Waals surface area (Å²) in [5.41, 5.74) is 10.9. The van der Waals surface area contributed by atoms with Gasteiger partial charge < -0.3 is 9.13 Å². The molecule has 190 valence electrons. The predicted octanol–water partition coefficient (Wildman–Crippen LogP) is 9.34. The Morgan fingerprint density at radius 3 is 1.90 bits per heavy atom. The fourth-order valence-electron chi connectivity index (χ4n) is 5.79. The summed E-state index contributed by atoms with van der Waals surface area (Å²) in [7, 11) is 0. The summed E-state index contributed by atoms with van der Waals surface area (Å²) in [6.07, 6.45) is 6.80. The predicted molar refractivity (Wildman–Crippen MR) is 167 cm³/mol. The molecule has 3 heterocycles. The molecule has 0 fully saturated rings. The highest BCUT2D eigenvalue weighted by Crippen LogP contribution is 2.37. The SMILES string of the molecule is C#[N+]c1c(/C=C\C)n(-c2ccc(Cc3ccc(-n4c5ccccc5c5ncccc54)cc3)cc2)c2ccccc12. The van der Waals surface area contributed by atoms with Crippen LogP contribution in [-0.2, 0) is 6.42 Å². The molecule has 0 aliphatic carbocycles. The van der Waals surface area contributed by atoms with Crippen LogP contribution in [0.2, 0.25) is 0 Å². The zero-order chi connectivity index (χ0) is 27.1. The minimum atomic E-state index is 0.803. The van der Waals surface area contributed by atoms with E-state index in [1.165, 1.54) is 22.0 Å². The third kappa shape index (κ3) is 3.80. The molecule has 0 saturated carbocycles. The van der Waals surface area contributed by atoms with Crippen LogP contribution in [0.4, 0.5) is 5.69 Å². The van der Waals surface area contributed by atoms with Crippen molar-refractivity contribution in [3.63, 3.8) is 0 Å². The fourth-order valence-corrected chi connectivity index (χ4v) is 5.79. The third-order valence-corrected chi connectivity index (χ3v) is 7.56. The molecule has 0 bridgehead atoms. The second kappa shape index (κ2) is 9.72. The highest BCUT2D eigenvalue weighted by molar-refractivity contribution is 6.07. The number of fused-ring (bicyclic) bond motifs is 4. The molecule has 7 rings (SSSR count). The number of pyridine rings is 1. The van der Waals surface area contributed by atoms with Gasteiger partial charge in [0.15, 0.2) is 0 Å². The number of nitrogens with zero attached hydrogens (tertiary/aromatic N) is 4. The second-order valence-electron chi connectivity index (χ2n) is 9.95. The summed E-state index contributed by atoms with van der Waals surface area (Å²) in [5, 5.41) is 2.21. The monoisotopic (exact) mass is 515 g/mol. The van der Waals surface area contributed by atoms with Crippen molar-refractivity contribution in [3.05, 3.63) is 143 Å². The van der Waals surface area contributed by atoms with Crippen molar-refractivity contribution in [3.8, 4) is 17.9 Å². The number of aromatic nitrogens is 3. The van der Waals surface area contributed by atoms with E-state index in [4.69, 9.17) is 6.57 Å². The lowest BCUT2D eigenvalue weighted by atomic mass is 10.0. The van der Waals surface area contributed by atoms with E-state index in [0.29, 0.717) is 0 Å². The van der Waals surface area contributed by atoms with E-state index in [2.05, 4.69) is 116 Å². The summed E-state index contributed by atoms with van der Waals surface area (Å²) in [6, 6.07) is 38.4. The fraction of sp³-hybridized carbons (Fsp3) is 0.0556. The van der Waals surface area contributed by atoms with E-state index >= 15 is 0 Å². The van der Waals surface area contributed by atoms with E-state index in [9.17, 15) is 0 Å². The lowest BCUT2D eigenvalue weighted by Gasteiger charge is -2.11. The summed E-state index contributed by atoms with van der Waals surface area (Å²) < 4.78 is 4.52. The molecule has 4 heteroatoms. The van der Waals surface area contributed by atoms with Gasteiger partial charge in [0, 0.05) is 23.0 Å². The van der Waals surface area contributed by atoms with Crippen LogP contribution in [0.25, 0.3) is 55.1 Å². The number of hydrogen-bond acceptors (Lipinski definition) is 1. The molecule has 0 aliphatic rings. The Labute approximate surface area is 232 Å². The Bertz CT molecular complexity index is 2030. The Kier molecular flexibility index (Phi) is 5.76. The first kappa shape index (κ1) is 23.7. The Balaban J connectivity index is 1.20. The van der Waals surface area contributed by atoms with Crippen LogP contribution in [-0.4, -0.2) is 14.1 Å². The van der Waals surface area contributed by atoms with E-state index in [-0.39, 0.29) is 0 Å². The number of hydrogen-bond donors (Lipinski definition) is 0. The van der Waals surface area contributed by atoms with Crippen LogP contribution < -0.4 is 0 Å². The Morgan fingerprint density at radius 1 is 0.675 bits per heavy atom. The summed E-state index contributed by atoms with van der Waals surface area (Å²) >= 11 is 0. The average Bonchev–Trinajstić information content (AvgIpc) is 3.51. The molecule has 0 amide bonds. The molecular formula is C36H27N4+. The van der Waals surface area contributed by atoms with Crippen LogP contribution in [0.15, 0.2) is 121 Å². The van der Waals surface area contributed by atoms with Gasteiger partial charge >= 0.3 is 5.69 Å². The lowest BCUT2D eigenvalue weighted by molar-refractivity contribution is 1.10. The molecule has 0 atom stereocenters. The molecule has 4 aromatic carbocycles. The molecular weight excluding hydrogens is 488 g/mol. The van der Waals surface area contributed by atoms with E-state index in [1.807, 2.05) is 37.4 Å². The maximum atomic E-state index is 5.82. The van der Waals surface area contributed by atoms with Gasteiger partial charge in [-0.2, -0.15) is 0 Å². The zero-order valence-electron chi connectivity index (χ0n) is 22.2. The number of allylic oxidation sites excluding steroid dienone is 1. The standard InChI is InChI=1S/C36H27N4/c1-3-9-33-35(37-2)29-10-4-6-12-31(29)39(33)27-19-15-25(16-20-27)24-26-17-21-28(22-18-26)40-32-13-7-5-11-30(32)36-34(40)14-8-23-38-36/h2-23H,24H2,1H3/q+1/b9-3-. The molecule has 0 saturated heterocycles. The minimum absolute atomic E-state index is 0.803. The van der Waals surface area contributed by atoms with Crippen LogP contribution in [0.5, 0.6) is 0 Å². The van der Waals surface area contributed by atoms with Crippen molar-refractivity contribution in [2.45, 2.75) is 13.3 Å². The topological polar surface area (TPSA) is 27.1 Å². The first-order valence-electron chi connectivity index (χ1n) is 13.5. The maximum Gasteiger partial charge on any atom is 0.372 e.